The number of rotatable bonds is 8. The molecule has 0 bridgehead atoms. The van der Waals surface area contributed by atoms with Gasteiger partial charge in [-0.3, -0.25) is 0 Å². The third kappa shape index (κ3) is 6.58. The topological polar surface area (TPSA) is 54.5 Å². The number of aromatic nitrogens is 1. The molecular weight excluding hydrogens is 266 g/mol. The van der Waals surface area contributed by atoms with Crippen LogP contribution in [-0.4, -0.2) is 49.1 Å². The molecule has 0 aliphatic carbocycles. The molecule has 1 unspecified atom stereocenters. The normalized spacial score (nSPS) is 12.5. The Morgan fingerprint density at radius 2 is 2.10 bits per heavy atom. The van der Waals surface area contributed by atoms with E-state index < -0.39 is 0 Å². The summed E-state index contributed by atoms with van der Waals surface area (Å²) in [4.78, 5) is 18.0. The minimum Gasteiger partial charge on any atom is -0.462 e. The van der Waals surface area contributed by atoms with Crippen LogP contribution in [0.25, 0.3) is 0 Å². The van der Waals surface area contributed by atoms with Gasteiger partial charge in [-0.05, 0) is 45.5 Å². The predicted octanol–water partition coefficient (Wildman–Crippen LogP) is 2.65. The molecule has 1 rings (SSSR count). The first-order chi connectivity index (χ1) is 9.92. The molecule has 0 spiro atoms. The Morgan fingerprint density at radius 1 is 1.38 bits per heavy atom. The van der Waals surface area contributed by atoms with Gasteiger partial charge in [0.2, 0.25) is 0 Å². The number of nitrogens with zero attached hydrogens (tertiary/aromatic N) is 2. The van der Waals surface area contributed by atoms with Gasteiger partial charge in [0.15, 0.2) is 0 Å². The van der Waals surface area contributed by atoms with E-state index >= 15 is 0 Å². The van der Waals surface area contributed by atoms with Crippen LogP contribution in [-0.2, 0) is 4.74 Å². The molecule has 0 radical (unpaired) electrons. The van der Waals surface area contributed by atoms with Crippen LogP contribution in [0, 0.1) is 5.92 Å². The maximum Gasteiger partial charge on any atom is 0.339 e. The van der Waals surface area contributed by atoms with Crippen LogP contribution in [0.4, 0.5) is 5.82 Å². The Morgan fingerprint density at radius 3 is 2.57 bits per heavy atom. The van der Waals surface area contributed by atoms with E-state index in [-0.39, 0.29) is 5.97 Å². The van der Waals surface area contributed by atoms with Crippen LogP contribution in [0.1, 0.15) is 37.6 Å². The Labute approximate surface area is 127 Å². The minimum absolute atomic E-state index is 0.330. The first kappa shape index (κ1) is 17.4. The first-order valence-corrected chi connectivity index (χ1v) is 7.46. The van der Waals surface area contributed by atoms with E-state index in [0.29, 0.717) is 24.1 Å². The van der Waals surface area contributed by atoms with Crippen LogP contribution < -0.4 is 5.32 Å². The molecule has 0 aliphatic rings. The molecule has 118 valence electrons. The smallest absolute Gasteiger partial charge is 0.339 e. The van der Waals surface area contributed by atoms with Crippen molar-refractivity contribution in [1.82, 2.24) is 9.88 Å². The second-order valence-corrected chi connectivity index (χ2v) is 5.89. The van der Waals surface area contributed by atoms with Gasteiger partial charge in [0, 0.05) is 18.8 Å². The van der Waals surface area contributed by atoms with Gasteiger partial charge in [-0.15, -0.1) is 0 Å². The lowest BCUT2D eigenvalue weighted by atomic mass is 10.0. The van der Waals surface area contributed by atoms with Crippen molar-refractivity contribution >= 4 is 11.8 Å². The number of carbonyl (C=O) groups excluding carboxylic acids is 1. The SMILES string of the molecule is CCOC(=O)c1ccc(NC(CC(C)C)CN(C)C)nc1. The van der Waals surface area contributed by atoms with Gasteiger partial charge < -0.3 is 15.0 Å². The minimum atomic E-state index is -0.330. The second kappa shape index (κ2) is 8.62. The monoisotopic (exact) mass is 293 g/mol. The lowest BCUT2D eigenvalue weighted by Crippen LogP contribution is -2.33. The number of nitrogens with one attached hydrogen (secondary N) is 1. The quantitative estimate of drug-likeness (QED) is 0.747. The summed E-state index contributed by atoms with van der Waals surface area (Å²) in [5.74, 6) is 1.07. The zero-order chi connectivity index (χ0) is 15.8. The van der Waals surface area contributed by atoms with Crippen molar-refractivity contribution in [3.05, 3.63) is 23.9 Å². The molecule has 1 aromatic rings. The highest BCUT2D eigenvalue weighted by atomic mass is 16.5. The highest BCUT2D eigenvalue weighted by Gasteiger charge is 2.13. The summed E-state index contributed by atoms with van der Waals surface area (Å²) >= 11 is 0. The van der Waals surface area contributed by atoms with Gasteiger partial charge >= 0.3 is 5.97 Å². The summed E-state index contributed by atoms with van der Waals surface area (Å²) < 4.78 is 4.95. The fraction of sp³-hybridized carbons (Fsp3) is 0.625. The van der Waals surface area contributed by atoms with Gasteiger partial charge in [-0.25, -0.2) is 9.78 Å². The molecule has 1 heterocycles. The van der Waals surface area contributed by atoms with Crippen LogP contribution in [0.2, 0.25) is 0 Å². The van der Waals surface area contributed by atoms with Crippen molar-refractivity contribution in [3.63, 3.8) is 0 Å². The Bertz CT molecular complexity index is 420. The largest absolute Gasteiger partial charge is 0.462 e. The number of ether oxygens (including phenoxy) is 1. The van der Waals surface area contributed by atoms with Crippen molar-refractivity contribution in [1.29, 1.82) is 0 Å². The zero-order valence-corrected chi connectivity index (χ0v) is 13.7. The Kier molecular flexibility index (Phi) is 7.15. The highest BCUT2D eigenvalue weighted by molar-refractivity contribution is 5.89. The lowest BCUT2D eigenvalue weighted by Gasteiger charge is -2.24. The molecule has 5 heteroatoms. The molecular formula is C16H27N3O2. The Hall–Kier alpha value is -1.62. The number of hydrogen-bond acceptors (Lipinski definition) is 5. The summed E-state index contributed by atoms with van der Waals surface area (Å²) in [6.07, 6.45) is 2.63. The fourth-order valence-electron chi connectivity index (χ4n) is 2.21. The van der Waals surface area contributed by atoms with E-state index in [0.717, 1.165) is 18.8 Å². The standard InChI is InChI=1S/C16H27N3O2/c1-6-21-16(20)13-7-8-15(17-10-13)18-14(9-12(2)3)11-19(4)5/h7-8,10,12,14H,6,9,11H2,1-5H3,(H,17,18). The number of carbonyl (C=O) groups is 1. The number of anilines is 1. The molecule has 0 saturated carbocycles. The zero-order valence-electron chi connectivity index (χ0n) is 13.7. The van der Waals surface area contributed by atoms with Gasteiger partial charge in [0.25, 0.3) is 0 Å². The van der Waals surface area contributed by atoms with Crippen molar-refractivity contribution in [2.75, 3.05) is 32.6 Å². The average molecular weight is 293 g/mol. The number of hydrogen-bond donors (Lipinski definition) is 1. The van der Waals surface area contributed by atoms with E-state index in [9.17, 15) is 4.79 Å². The average Bonchev–Trinajstić information content (AvgIpc) is 2.38. The maximum absolute atomic E-state index is 11.6. The van der Waals surface area contributed by atoms with Crippen LogP contribution in [0.5, 0.6) is 0 Å². The van der Waals surface area contributed by atoms with Crippen molar-refractivity contribution in [2.45, 2.75) is 33.2 Å². The van der Waals surface area contributed by atoms with E-state index in [2.05, 4.69) is 43.1 Å². The molecule has 1 atom stereocenters. The predicted molar refractivity (Wildman–Crippen MR) is 85.6 cm³/mol. The van der Waals surface area contributed by atoms with E-state index in [1.165, 1.54) is 0 Å². The second-order valence-electron chi connectivity index (χ2n) is 5.89. The molecule has 5 nitrogen and oxygen atoms in total. The lowest BCUT2D eigenvalue weighted by molar-refractivity contribution is 0.0526. The summed E-state index contributed by atoms with van der Waals surface area (Å²) in [6, 6.07) is 3.91. The van der Waals surface area contributed by atoms with Crippen LogP contribution in [0.15, 0.2) is 18.3 Å². The van der Waals surface area contributed by atoms with Crippen LogP contribution >= 0.6 is 0 Å². The molecule has 0 fully saturated rings. The van der Waals surface area contributed by atoms with E-state index in [1.807, 2.05) is 6.07 Å². The van der Waals surface area contributed by atoms with Gasteiger partial charge in [-0.1, -0.05) is 13.8 Å². The van der Waals surface area contributed by atoms with Gasteiger partial charge in [0.05, 0.1) is 12.2 Å². The molecule has 1 aromatic heterocycles. The van der Waals surface area contributed by atoms with Crippen LogP contribution in [0.3, 0.4) is 0 Å². The van der Waals surface area contributed by atoms with Crippen molar-refractivity contribution in [2.24, 2.45) is 5.92 Å². The molecule has 0 aromatic carbocycles. The molecule has 0 aliphatic heterocycles. The molecule has 0 saturated heterocycles. The third-order valence-electron chi connectivity index (χ3n) is 2.97. The number of esters is 1. The van der Waals surface area contributed by atoms with Gasteiger partial charge in [-0.2, -0.15) is 0 Å². The summed E-state index contributed by atoms with van der Waals surface area (Å²) in [7, 11) is 4.12. The maximum atomic E-state index is 11.6. The van der Waals surface area contributed by atoms with Gasteiger partial charge in [0.1, 0.15) is 5.82 Å². The third-order valence-corrected chi connectivity index (χ3v) is 2.97. The van der Waals surface area contributed by atoms with Crippen molar-refractivity contribution in [3.8, 4) is 0 Å². The highest BCUT2D eigenvalue weighted by Crippen LogP contribution is 2.13. The summed E-state index contributed by atoms with van der Waals surface area (Å²) in [5.41, 5.74) is 0.482. The number of likely N-dealkylation sites (N-methyl/N-ethyl adjacent to an activating group) is 1. The molecule has 21 heavy (non-hydrogen) atoms. The summed E-state index contributed by atoms with van der Waals surface area (Å²) in [5, 5.41) is 3.43. The summed E-state index contributed by atoms with van der Waals surface area (Å²) in [6.45, 7) is 7.53. The van der Waals surface area contributed by atoms with E-state index in [4.69, 9.17) is 4.74 Å². The number of pyridine rings is 1. The Balaban J connectivity index is 2.68. The van der Waals surface area contributed by atoms with E-state index in [1.54, 1.807) is 19.2 Å². The molecule has 1 N–H and O–H groups in total. The molecule has 0 amide bonds. The first-order valence-electron chi connectivity index (χ1n) is 7.46. The van der Waals surface area contributed by atoms with Crippen molar-refractivity contribution < 1.29 is 9.53 Å². The fourth-order valence-corrected chi connectivity index (χ4v) is 2.21.